The fraction of sp³-hybridized carbons (Fsp3) is 0.733. The van der Waals surface area contributed by atoms with Gasteiger partial charge in [-0.1, -0.05) is 126 Å². The molecule has 1 fully saturated rings. The van der Waals surface area contributed by atoms with E-state index < -0.39 is 89.6 Å². The number of aliphatic hydroxyl groups excluding tert-OH is 5. The van der Waals surface area contributed by atoms with E-state index >= 15 is 0 Å². The molecule has 8 N–H and O–H groups in total. The summed E-state index contributed by atoms with van der Waals surface area (Å²) in [4.78, 5) is 54.2. The summed E-state index contributed by atoms with van der Waals surface area (Å²) in [7, 11) is -10.7. The zero-order valence-electron chi connectivity index (χ0n) is 37.8. The summed E-state index contributed by atoms with van der Waals surface area (Å²) in [6.45, 7) is 2.88. The van der Waals surface area contributed by atoms with Gasteiger partial charge in [-0.15, -0.1) is 0 Å². The molecule has 370 valence electrons. The number of unbranched alkanes of at least 4 members (excludes halogenated alkanes) is 12. The molecule has 1 aliphatic rings. The summed E-state index contributed by atoms with van der Waals surface area (Å²) >= 11 is 0. The Kier molecular flexibility index (Phi) is 33.4. The molecule has 9 atom stereocenters. The normalized spacial score (nSPS) is 22.8. The molecule has 64 heavy (non-hydrogen) atoms. The van der Waals surface area contributed by atoms with Crippen LogP contribution in [-0.2, 0) is 41.8 Å². The molecule has 0 aliphatic heterocycles. The number of aliphatic hydroxyl groups is 5. The van der Waals surface area contributed by atoms with Gasteiger partial charge >= 0.3 is 27.6 Å². The van der Waals surface area contributed by atoms with Crippen LogP contribution in [0.4, 0.5) is 0 Å². The smallest absolute Gasteiger partial charge is 0.462 e. The number of hydrogen-bond acceptors (Lipinski definition) is 14. The van der Waals surface area contributed by atoms with Crippen molar-refractivity contribution in [3.63, 3.8) is 0 Å². The molecule has 1 saturated carbocycles. The van der Waals surface area contributed by atoms with Gasteiger partial charge in [0.1, 0.15) is 43.2 Å². The first-order valence-corrected chi connectivity index (χ1v) is 26.0. The van der Waals surface area contributed by atoms with E-state index in [1.165, 1.54) is 44.9 Å². The van der Waals surface area contributed by atoms with Crippen LogP contribution < -0.4 is 0 Å². The van der Waals surface area contributed by atoms with Crippen LogP contribution in [0.1, 0.15) is 149 Å². The molecule has 0 aromatic carbocycles. The average Bonchev–Trinajstić information content (AvgIpc) is 3.24. The van der Waals surface area contributed by atoms with Gasteiger partial charge in [0.2, 0.25) is 0 Å². The molecular formula is C45H78O17P2. The maximum atomic E-state index is 13.0. The summed E-state index contributed by atoms with van der Waals surface area (Å²) in [5.41, 5.74) is 0. The van der Waals surface area contributed by atoms with Gasteiger partial charge in [-0.05, 0) is 70.6 Å². The van der Waals surface area contributed by atoms with Crippen LogP contribution in [0.15, 0.2) is 60.8 Å². The third-order valence-electron chi connectivity index (χ3n) is 10.2. The number of rotatable bonds is 37. The maximum absolute atomic E-state index is 13.0. The van der Waals surface area contributed by atoms with Crippen molar-refractivity contribution in [3.05, 3.63) is 60.8 Å². The third-order valence-corrected chi connectivity index (χ3v) is 11.7. The maximum Gasteiger partial charge on any atom is 0.472 e. The fourth-order valence-corrected chi connectivity index (χ4v) is 8.07. The lowest BCUT2D eigenvalue weighted by atomic mass is 9.85. The molecule has 0 radical (unpaired) electrons. The van der Waals surface area contributed by atoms with Crippen LogP contribution in [-0.4, -0.2) is 114 Å². The quantitative estimate of drug-likeness (QED) is 0.0100. The van der Waals surface area contributed by atoms with Crippen molar-refractivity contribution in [2.75, 3.05) is 13.2 Å². The van der Waals surface area contributed by atoms with Crippen molar-refractivity contribution in [1.29, 1.82) is 0 Å². The Morgan fingerprint density at radius 3 is 1.73 bits per heavy atom. The number of allylic oxidation sites excluding steroid dienone is 9. The Morgan fingerprint density at radius 2 is 1.09 bits per heavy atom. The predicted molar refractivity (Wildman–Crippen MR) is 242 cm³/mol. The number of carbonyl (C=O) groups is 2. The first kappa shape index (κ1) is 59.7. The van der Waals surface area contributed by atoms with E-state index in [1.54, 1.807) is 12.2 Å². The molecule has 0 spiro atoms. The molecule has 0 aromatic heterocycles. The highest BCUT2D eigenvalue weighted by Crippen LogP contribution is 2.49. The second kappa shape index (κ2) is 35.8. The second-order valence-corrected chi connectivity index (χ2v) is 18.6. The number of carbonyl (C=O) groups excluding carboxylic acids is 2. The average molecular weight is 953 g/mol. The number of ether oxygens (including phenoxy) is 2. The van der Waals surface area contributed by atoms with Crippen molar-refractivity contribution in [1.82, 2.24) is 0 Å². The van der Waals surface area contributed by atoms with Gasteiger partial charge < -0.3 is 49.7 Å². The molecular weight excluding hydrogens is 874 g/mol. The van der Waals surface area contributed by atoms with E-state index in [-0.39, 0.29) is 25.7 Å². The van der Waals surface area contributed by atoms with Crippen molar-refractivity contribution >= 4 is 27.6 Å². The highest BCUT2D eigenvalue weighted by Gasteiger charge is 2.54. The summed E-state index contributed by atoms with van der Waals surface area (Å²) in [6, 6.07) is 0. The Hall–Kier alpha value is -2.34. The lowest BCUT2D eigenvalue weighted by Gasteiger charge is -2.43. The van der Waals surface area contributed by atoms with E-state index in [0.29, 0.717) is 6.42 Å². The van der Waals surface area contributed by atoms with E-state index in [4.69, 9.17) is 28.3 Å². The minimum Gasteiger partial charge on any atom is -0.462 e. The number of phosphoric acid groups is 2. The van der Waals surface area contributed by atoms with Gasteiger partial charge in [0.15, 0.2) is 6.10 Å². The Balaban J connectivity index is 2.72. The summed E-state index contributed by atoms with van der Waals surface area (Å²) in [5, 5.41) is 51.5. The zero-order chi connectivity index (χ0) is 47.6. The Bertz CT molecular complexity index is 1490. The lowest BCUT2D eigenvalue weighted by Crippen LogP contribution is -2.64. The molecule has 0 saturated heterocycles. The van der Waals surface area contributed by atoms with E-state index in [9.17, 15) is 49.1 Å². The Labute approximate surface area is 380 Å². The largest absolute Gasteiger partial charge is 0.472 e. The van der Waals surface area contributed by atoms with E-state index in [2.05, 4.69) is 54.8 Å². The first-order chi connectivity index (χ1) is 30.5. The number of phosphoric ester groups is 2. The van der Waals surface area contributed by atoms with Gasteiger partial charge in [0, 0.05) is 12.8 Å². The van der Waals surface area contributed by atoms with Crippen LogP contribution in [0, 0.1) is 0 Å². The Morgan fingerprint density at radius 1 is 0.578 bits per heavy atom. The van der Waals surface area contributed by atoms with Crippen LogP contribution in [0.25, 0.3) is 0 Å². The molecule has 0 heterocycles. The molecule has 5 unspecified atom stereocenters. The zero-order valence-corrected chi connectivity index (χ0v) is 39.6. The molecule has 1 aliphatic carbocycles. The van der Waals surface area contributed by atoms with Gasteiger partial charge in [-0.2, -0.15) is 0 Å². The van der Waals surface area contributed by atoms with Gasteiger partial charge in [-0.3, -0.25) is 23.2 Å². The number of esters is 2. The van der Waals surface area contributed by atoms with Crippen molar-refractivity contribution in [2.24, 2.45) is 0 Å². The van der Waals surface area contributed by atoms with Gasteiger partial charge in [0.25, 0.3) is 0 Å². The molecule has 0 bridgehead atoms. The number of hydrogen-bond donors (Lipinski definition) is 8. The molecule has 19 heteroatoms. The van der Waals surface area contributed by atoms with Gasteiger partial charge in [0.05, 0.1) is 12.7 Å². The molecule has 0 amide bonds. The van der Waals surface area contributed by atoms with Crippen molar-refractivity contribution < 1.29 is 82.0 Å². The van der Waals surface area contributed by atoms with Crippen LogP contribution in [0.3, 0.4) is 0 Å². The standard InChI is InChI=1S/C45H78O17P2/c1-3-5-7-9-11-13-15-17-19-21-23-25-27-30-36(46)31-29-33-39(48)60-37(34-58-38(47)32-28-26-24-22-20-18-16-14-12-10-8-6-4-2)35-59-64(56,57)62-45-42(51)40(49)41(50)44(43(45)52)61-63(53,54)55/h11,13-14,16-17,19,23,25,27,30,36-37,40-46,49-52H,3-10,12,15,18,20-22,24,26,28-29,31-35H2,1-2H3,(H,56,57)(H2,53,54,55)/b13-11-,16-14-,19-17-,25-23-,30-27+/t36-,37+,40?,41?,42?,43?,44+,45-/m0/s1. The van der Waals surface area contributed by atoms with Crippen molar-refractivity contribution in [3.8, 4) is 0 Å². The van der Waals surface area contributed by atoms with Crippen molar-refractivity contribution in [2.45, 2.75) is 198 Å². The van der Waals surface area contributed by atoms with E-state index in [0.717, 1.165) is 57.8 Å². The van der Waals surface area contributed by atoms with E-state index in [1.807, 2.05) is 12.2 Å². The third kappa shape index (κ3) is 30.0. The highest BCUT2D eigenvalue weighted by molar-refractivity contribution is 7.47. The lowest BCUT2D eigenvalue weighted by molar-refractivity contribution is -0.216. The molecule has 1 rings (SSSR count). The first-order valence-electron chi connectivity index (χ1n) is 22.9. The second-order valence-electron chi connectivity index (χ2n) is 16.0. The monoisotopic (exact) mass is 952 g/mol. The SMILES string of the molecule is CCCCC/C=C\C/C=C\C/C=C\C=C\[C@H](O)CCCC(=O)O[C@H](COC(=O)CCCCCCC/C=C\CCCCCC)COP(=O)(O)O[C@H]1C(O)C(O)C(O)[C@@H](OP(=O)(O)O)C1O. The van der Waals surface area contributed by atoms with Crippen LogP contribution in [0.2, 0.25) is 0 Å². The van der Waals surface area contributed by atoms with Crippen LogP contribution >= 0.6 is 15.6 Å². The highest BCUT2D eigenvalue weighted by atomic mass is 31.2. The molecule has 0 aromatic rings. The summed E-state index contributed by atoms with van der Waals surface area (Å²) < 4.78 is 49.1. The molecule has 17 nitrogen and oxygen atoms in total. The summed E-state index contributed by atoms with van der Waals surface area (Å²) in [6.07, 6.45) is 22.0. The van der Waals surface area contributed by atoms with Gasteiger partial charge in [-0.25, -0.2) is 9.13 Å². The fourth-order valence-electron chi connectivity index (χ4n) is 6.53. The van der Waals surface area contributed by atoms with Crippen LogP contribution in [0.5, 0.6) is 0 Å². The summed E-state index contributed by atoms with van der Waals surface area (Å²) in [5.74, 6) is -1.42. The topological polar surface area (TPSA) is 276 Å². The minimum atomic E-state index is -5.39. The predicted octanol–water partition coefficient (Wildman–Crippen LogP) is 7.25. The minimum absolute atomic E-state index is 0.0679.